The first kappa shape index (κ1) is 20.4. The zero-order valence-electron chi connectivity index (χ0n) is 17.0. The molecule has 0 aliphatic carbocycles. The Morgan fingerprint density at radius 3 is 2.44 bits per heavy atom. The molecule has 2 aliphatic rings. The van der Waals surface area contributed by atoms with E-state index >= 15 is 0 Å². The first-order valence-corrected chi connectivity index (χ1v) is 10.3. The summed E-state index contributed by atoms with van der Waals surface area (Å²) in [5, 5.41) is 0. The lowest BCUT2D eigenvalue weighted by Gasteiger charge is -2.32. The molecule has 2 heterocycles. The van der Waals surface area contributed by atoms with Crippen LogP contribution in [-0.2, 0) is 11.2 Å². The molecular formula is C21H35N3O3. The third-order valence-corrected chi connectivity index (χ3v) is 5.55. The van der Waals surface area contributed by atoms with E-state index in [1.807, 2.05) is 6.07 Å². The summed E-state index contributed by atoms with van der Waals surface area (Å²) in [5.41, 5.74) is 1.26. The molecule has 1 aromatic rings. The molecule has 1 aromatic carbocycles. The van der Waals surface area contributed by atoms with Crippen LogP contribution in [0.1, 0.15) is 12.0 Å². The number of hydrogen-bond donors (Lipinski definition) is 0. The maximum absolute atomic E-state index is 6.19. The second-order valence-electron chi connectivity index (χ2n) is 7.50. The van der Waals surface area contributed by atoms with Crippen molar-refractivity contribution < 1.29 is 14.2 Å². The van der Waals surface area contributed by atoms with Gasteiger partial charge in [-0.15, -0.1) is 0 Å². The van der Waals surface area contributed by atoms with Crippen LogP contribution in [0.2, 0.25) is 0 Å². The first-order valence-electron chi connectivity index (χ1n) is 10.3. The van der Waals surface area contributed by atoms with Gasteiger partial charge in [0.1, 0.15) is 6.61 Å². The molecule has 0 N–H and O–H groups in total. The fraction of sp³-hybridized carbons (Fsp3) is 0.714. The van der Waals surface area contributed by atoms with Crippen molar-refractivity contribution >= 4 is 0 Å². The van der Waals surface area contributed by atoms with Gasteiger partial charge in [0.2, 0.25) is 0 Å². The Hall–Kier alpha value is -1.34. The molecule has 0 unspecified atom stereocenters. The van der Waals surface area contributed by atoms with Crippen molar-refractivity contribution in [2.75, 3.05) is 86.3 Å². The first-order chi connectivity index (χ1) is 13.3. The SMILES string of the molecule is COc1cccc(CCCN2CCN(C)CC2)c1OCCN1CCOCC1. The topological polar surface area (TPSA) is 37.4 Å². The smallest absolute Gasteiger partial charge is 0.164 e. The van der Waals surface area contributed by atoms with Gasteiger partial charge in [0, 0.05) is 45.8 Å². The van der Waals surface area contributed by atoms with Gasteiger partial charge in [-0.3, -0.25) is 4.90 Å². The second kappa shape index (κ2) is 10.9. The molecule has 6 heteroatoms. The molecule has 27 heavy (non-hydrogen) atoms. The Labute approximate surface area is 164 Å². The maximum atomic E-state index is 6.19. The molecule has 6 nitrogen and oxygen atoms in total. The van der Waals surface area contributed by atoms with Crippen molar-refractivity contribution in [3.63, 3.8) is 0 Å². The predicted molar refractivity (Wildman–Crippen MR) is 108 cm³/mol. The zero-order valence-corrected chi connectivity index (χ0v) is 17.0. The number of nitrogens with zero attached hydrogens (tertiary/aromatic N) is 3. The van der Waals surface area contributed by atoms with Gasteiger partial charge < -0.3 is 24.0 Å². The lowest BCUT2D eigenvalue weighted by atomic mass is 10.1. The van der Waals surface area contributed by atoms with E-state index < -0.39 is 0 Å². The van der Waals surface area contributed by atoms with Crippen LogP contribution in [0.25, 0.3) is 0 Å². The van der Waals surface area contributed by atoms with E-state index in [0.717, 1.165) is 63.7 Å². The van der Waals surface area contributed by atoms with Gasteiger partial charge in [-0.25, -0.2) is 0 Å². The van der Waals surface area contributed by atoms with Crippen LogP contribution in [-0.4, -0.2) is 101 Å². The van der Waals surface area contributed by atoms with Crippen molar-refractivity contribution in [3.8, 4) is 11.5 Å². The maximum Gasteiger partial charge on any atom is 0.164 e. The quantitative estimate of drug-likeness (QED) is 0.651. The van der Waals surface area contributed by atoms with Crippen LogP contribution in [0, 0.1) is 0 Å². The van der Waals surface area contributed by atoms with E-state index in [0.29, 0.717) is 6.61 Å². The van der Waals surface area contributed by atoms with Crippen molar-refractivity contribution in [1.29, 1.82) is 0 Å². The Kier molecular flexibility index (Phi) is 8.20. The highest BCUT2D eigenvalue weighted by molar-refractivity contribution is 5.46. The summed E-state index contributed by atoms with van der Waals surface area (Å²) >= 11 is 0. The minimum atomic E-state index is 0.686. The summed E-state index contributed by atoms with van der Waals surface area (Å²) in [7, 11) is 3.92. The average Bonchev–Trinajstić information content (AvgIpc) is 2.71. The Balaban J connectivity index is 1.49. The van der Waals surface area contributed by atoms with Crippen molar-refractivity contribution in [2.45, 2.75) is 12.8 Å². The predicted octanol–water partition coefficient (Wildman–Crippen LogP) is 1.59. The van der Waals surface area contributed by atoms with Crippen molar-refractivity contribution in [2.24, 2.45) is 0 Å². The molecule has 3 rings (SSSR count). The molecule has 2 saturated heterocycles. The fourth-order valence-electron chi connectivity index (χ4n) is 3.75. The van der Waals surface area contributed by atoms with Gasteiger partial charge in [-0.05, 0) is 38.1 Å². The molecule has 0 amide bonds. The molecular weight excluding hydrogens is 342 g/mol. The molecule has 0 radical (unpaired) electrons. The molecule has 0 atom stereocenters. The summed E-state index contributed by atoms with van der Waals surface area (Å²) in [6.07, 6.45) is 2.17. The Bertz CT molecular complexity index is 556. The summed E-state index contributed by atoms with van der Waals surface area (Å²) < 4.78 is 17.2. The number of rotatable bonds is 9. The van der Waals surface area contributed by atoms with Crippen LogP contribution >= 0.6 is 0 Å². The Morgan fingerprint density at radius 2 is 1.70 bits per heavy atom. The summed E-state index contributed by atoms with van der Waals surface area (Å²) in [5.74, 6) is 1.76. The third-order valence-electron chi connectivity index (χ3n) is 5.55. The van der Waals surface area contributed by atoms with Crippen molar-refractivity contribution in [3.05, 3.63) is 23.8 Å². The minimum Gasteiger partial charge on any atom is -0.493 e. The van der Waals surface area contributed by atoms with Crippen LogP contribution in [0.15, 0.2) is 18.2 Å². The van der Waals surface area contributed by atoms with E-state index in [4.69, 9.17) is 14.2 Å². The lowest BCUT2D eigenvalue weighted by molar-refractivity contribution is 0.0320. The van der Waals surface area contributed by atoms with Gasteiger partial charge in [-0.1, -0.05) is 12.1 Å². The molecule has 0 saturated carbocycles. The number of morpholine rings is 1. The van der Waals surface area contributed by atoms with Gasteiger partial charge in [0.15, 0.2) is 11.5 Å². The molecule has 2 aliphatic heterocycles. The average molecular weight is 378 g/mol. The second-order valence-corrected chi connectivity index (χ2v) is 7.50. The molecule has 0 aromatic heterocycles. The normalized spacial score (nSPS) is 19.9. The van der Waals surface area contributed by atoms with Crippen LogP contribution in [0.3, 0.4) is 0 Å². The van der Waals surface area contributed by atoms with E-state index in [2.05, 4.69) is 33.9 Å². The van der Waals surface area contributed by atoms with Crippen LogP contribution < -0.4 is 9.47 Å². The fourth-order valence-corrected chi connectivity index (χ4v) is 3.75. The largest absolute Gasteiger partial charge is 0.493 e. The van der Waals surface area contributed by atoms with E-state index in [1.165, 1.54) is 31.7 Å². The molecule has 2 fully saturated rings. The number of para-hydroxylation sites is 1. The summed E-state index contributed by atoms with van der Waals surface area (Å²) in [4.78, 5) is 7.37. The number of benzene rings is 1. The minimum absolute atomic E-state index is 0.686. The van der Waals surface area contributed by atoms with Crippen LogP contribution in [0.5, 0.6) is 11.5 Å². The van der Waals surface area contributed by atoms with E-state index in [1.54, 1.807) is 7.11 Å². The number of ether oxygens (including phenoxy) is 3. The number of methoxy groups -OCH3 is 1. The van der Waals surface area contributed by atoms with Crippen LogP contribution in [0.4, 0.5) is 0 Å². The zero-order chi connectivity index (χ0) is 18.9. The van der Waals surface area contributed by atoms with Gasteiger partial charge in [-0.2, -0.15) is 0 Å². The summed E-state index contributed by atoms with van der Waals surface area (Å²) in [6.45, 7) is 11.1. The van der Waals surface area contributed by atoms with Gasteiger partial charge in [0.05, 0.1) is 20.3 Å². The molecule has 0 spiro atoms. The number of piperazine rings is 1. The standard InChI is InChI=1S/C21H35N3O3/c1-22-9-11-23(12-10-22)8-4-6-19-5-3-7-20(25-2)21(19)27-18-15-24-13-16-26-17-14-24/h3,5,7H,4,6,8-18H2,1-2H3. The number of hydrogen-bond acceptors (Lipinski definition) is 6. The lowest BCUT2D eigenvalue weighted by Crippen LogP contribution is -2.44. The summed E-state index contributed by atoms with van der Waals surface area (Å²) in [6, 6.07) is 6.24. The number of likely N-dealkylation sites (N-methyl/N-ethyl adjacent to an activating group) is 1. The van der Waals surface area contributed by atoms with Gasteiger partial charge in [0.25, 0.3) is 0 Å². The third kappa shape index (κ3) is 6.35. The Morgan fingerprint density at radius 1 is 0.963 bits per heavy atom. The van der Waals surface area contributed by atoms with E-state index in [9.17, 15) is 0 Å². The highest BCUT2D eigenvalue weighted by atomic mass is 16.5. The number of aryl methyl sites for hydroxylation is 1. The molecule has 152 valence electrons. The highest BCUT2D eigenvalue weighted by Gasteiger charge is 2.16. The highest BCUT2D eigenvalue weighted by Crippen LogP contribution is 2.32. The monoisotopic (exact) mass is 377 g/mol. The van der Waals surface area contributed by atoms with E-state index in [-0.39, 0.29) is 0 Å². The van der Waals surface area contributed by atoms with Gasteiger partial charge >= 0.3 is 0 Å². The molecule has 0 bridgehead atoms. The van der Waals surface area contributed by atoms with Crippen molar-refractivity contribution in [1.82, 2.24) is 14.7 Å².